The number of nitrogens with zero attached hydrogens (tertiary/aromatic N) is 2. The molecule has 94 valence electrons. The Bertz CT molecular complexity index is 580. The number of halogens is 2. The minimum Gasteiger partial charge on any atom is -0.489 e. The summed E-state index contributed by atoms with van der Waals surface area (Å²) in [7, 11) is 1.47. The highest BCUT2D eigenvalue weighted by atomic mass is 79.9. The van der Waals surface area contributed by atoms with Gasteiger partial charge in [-0.25, -0.2) is 4.98 Å². The third kappa shape index (κ3) is 2.65. The molecule has 18 heavy (non-hydrogen) atoms. The lowest BCUT2D eigenvalue weighted by molar-refractivity contribution is 0.368. The molecule has 0 amide bonds. The zero-order valence-electron chi connectivity index (χ0n) is 9.35. The van der Waals surface area contributed by atoms with Gasteiger partial charge in [0, 0.05) is 5.02 Å². The van der Waals surface area contributed by atoms with Crippen molar-refractivity contribution in [3.05, 3.63) is 34.0 Å². The van der Waals surface area contributed by atoms with Crippen LogP contribution in [0.2, 0.25) is 5.02 Å². The van der Waals surface area contributed by atoms with Gasteiger partial charge in [0.1, 0.15) is 12.1 Å². The van der Waals surface area contributed by atoms with Crippen LogP contribution in [0.5, 0.6) is 17.4 Å². The summed E-state index contributed by atoms with van der Waals surface area (Å²) >= 11 is 9.19. The lowest BCUT2D eigenvalue weighted by atomic mass is 10.3. The monoisotopic (exact) mass is 329 g/mol. The van der Waals surface area contributed by atoms with Crippen molar-refractivity contribution >= 4 is 33.3 Å². The molecule has 0 saturated carbocycles. The van der Waals surface area contributed by atoms with E-state index in [1.807, 2.05) is 0 Å². The van der Waals surface area contributed by atoms with E-state index >= 15 is 0 Å². The molecule has 0 saturated heterocycles. The number of nitrogen functional groups attached to an aromatic ring is 1. The zero-order valence-corrected chi connectivity index (χ0v) is 11.7. The van der Waals surface area contributed by atoms with Crippen LogP contribution in [-0.2, 0) is 0 Å². The average Bonchev–Trinajstić information content (AvgIpc) is 2.33. The third-order valence-electron chi connectivity index (χ3n) is 2.10. The van der Waals surface area contributed by atoms with E-state index in [1.165, 1.54) is 13.4 Å². The van der Waals surface area contributed by atoms with E-state index in [9.17, 15) is 0 Å². The van der Waals surface area contributed by atoms with Crippen molar-refractivity contribution in [2.45, 2.75) is 0 Å². The fourth-order valence-corrected chi connectivity index (χ4v) is 2.06. The number of hydrogen-bond acceptors (Lipinski definition) is 5. The van der Waals surface area contributed by atoms with E-state index < -0.39 is 0 Å². The van der Waals surface area contributed by atoms with Gasteiger partial charge < -0.3 is 15.2 Å². The molecule has 2 rings (SSSR count). The Kier molecular flexibility index (Phi) is 3.88. The number of methoxy groups -OCH3 is 1. The van der Waals surface area contributed by atoms with Gasteiger partial charge in [0.2, 0.25) is 5.75 Å². The van der Waals surface area contributed by atoms with Crippen molar-refractivity contribution in [3.63, 3.8) is 0 Å². The van der Waals surface area contributed by atoms with Gasteiger partial charge in [-0.1, -0.05) is 11.6 Å². The topological polar surface area (TPSA) is 70.3 Å². The zero-order chi connectivity index (χ0) is 13.1. The highest BCUT2D eigenvalue weighted by Crippen LogP contribution is 2.36. The summed E-state index contributed by atoms with van der Waals surface area (Å²) in [5.41, 5.74) is 5.66. The first kappa shape index (κ1) is 12.9. The molecule has 1 aromatic carbocycles. The molecule has 0 aliphatic heterocycles. The van der Waals surface area contributed by atoms with Crippen LogP contribution in [0, 0.1) is 0 Å². The second kappa shape index (κ2) is 5.41. The number of ether oxygens (including phenoxy) is 2. The maximum absolute atomic E-state index is 5.85. The maximum atomic E-state index is 5.85. The Morgan fingerprint density at radius 1 is 1.33 bits per heavy atom. The minimum absolute atomic E-state index is 0.215. The summed E-state index contributed by atoms with van der Waals surface area (Å²) in [5, 5.41) is 0.600. The Hall–Kier alpha value is -1.53. The number of hydrogen-bond donors (Lipinski definition) is 1. The van der Waals surface area contributed by atoms with Crippen LogP contribution in [-0.4, -0.2) is 17.1 Å². The third-order valence-corrected chi connectivity index (χ3v) is 2.96. The lowest BCUT2D eigenvalue weighted by Gasteiger charge is -2.11. The number of anilines is 1. The van der Waals surface area contributed by atoms with Gasteiger partial charge in [-0.15, -0.1) is 0 Å². The second-order valence-electron chi connectivity index (χ2n) is 3.27. The molecule has 7 heteroatoms. The first-order chi connectivity index (χ1) is 8.61. The highest BCUT2D eigenvalue weighted by molar-refractivity contribution is 9.10. The molecule has 1 aromatic heterocycles. The molecule has 2 N–H and O–H groups in total. The molecule has 0 spiro atoms. The Morgan fingerprint density at radius 2 is 2.11 bits per heavy atom. The maximum Gasteiger partial charge on any atom is 0.268 e. The van der Waals surface area contributed by atoms with E-state index in [4.69, 9.17) is 26.8 Å². The van der Waals surface area contributed by atoms with Gasteiger partial charge >= 0.3 is 0 Å². The van der Waals surface area contributed by atoms with Gasteiger partial charge in [-0.3, -0.25) is 0 Å². The predicted molar refractivity (Wildman–Crippen MR) is 72.2 cm³/mol. The molecule has 5 nitrogen and oxygen atoms in total. The molecule has 0 fully saturated rings. The van der Waals surface area contributed by atoms with Crippen molar-refractivity contribution in [3.8, 4) is 17.4 Å². The summed E-state index contributed by atoms with van der Waals surface area (Å²) < 4.78 is 11.4. The normalized spacial score (nSPS) is 10.2. The number of aromatic nitrogens is 2. The SMILES string of the molecule is COc1c(N)ncnc1Oc1ccc(Cl)cc1Br. The van der Waals surface area contributed by atoms with Crippen molar-refractivity contribution in [1.82, 2.24) is 9.97 Å². The quantitative estimate of drug-likeness (QED) is 0.935. The first-order valence-corrected chi connectivity index (χ1v) is 6.06. The predicted octanol–water partition coefficient (Wildman–Crippen LogP) is 3.28. The number of nitrogens with two attached hydrogens (primary N) is 1. The van der Waals surface area contributed by atoms with Crippen LogP contribution in [0.4, 0.5) is 5.82 Å². The van der Waals surface area contributed by atoms with Crippen molar-refractivity contribution in [2.75, 3.05) is 12.8 Å². The molecule has 0 atom stereocenters. The molecular formula is C11H9BrClN3O2. The van der Waals surface area contributed by atoms with E-state index in [-0.39, 0.29) is 11.7 Å². The van der Waals surface area contributed by atoms with Gasteiger partial charge in [0.25, 0.3) is 5.88 Å². The molecule has 0 radical (unpaired) electrons. The minimum atomic E-state index is 0.215. The summed E-state index contributed by atoms with van der Waals surface area (Å²) in [4.78, 5) is 7.79. The first-order valence-electron chi connectivity index (χ1n) is 4.89. The Balaban J connectivity index is 2.37. The lowest BCUT2D eigenvalue weighted by Crippen LogP contribution is -2.00. The Labute approximate surface area is 117 Å². The Morgan fingerprint density at radius 3 is 2.78 bits per heavy atom. The van der Waals surface area contributed by atoms with Crippen LogP contribution in [0.1, 0.15) is 0 Å². The molecule has 1 heterocycles. The van der Waals surface area contributed by atoms with E-state index in [0.717, 1.165) is 0 Å². The van der Waals surface area contributed by atoms with Crippen LogP contribution >= 0.6 is 27.5 Å². The van der Waals surface area contributed by atoms with Crippen molar-refractivity contribution in [1.29, 1.82) is 0 Å². The van der Waals surface area contributed by atoms with Gasteiger partial charge in [-0.05, 0) is 34.1 Å². The second-order valence-corrected chi connectivity index (χ2v) is 4.56. The molecular weight excluding hydrogens is 321 g/mol. The van der Waals surface area contributed by atoms with Crippen molar-refractivity contribution < 1.29 is 9.47 Å². The van der Waals surface area contributed by atoms with Crippen molar-refractivity contribution in [2.24, 2.45) is 0 Å². The van der Waals surface area contributed by atoms with E-state index in [0.29, 0.717) is 21.0 Å². The number of rotatable bonds is 3. The fourth-order valence-electron chi connectivity index (χ4n) is 1.30. The molecule has 0 unspecified atom stereocenters. The molecule has 0 aliphatic carbocycles. The number of benzene rings is 1. The van der Waals surface area contributed by atoms with E-state index in [2.05, 4.69) is 25.9 Å². The largest absolute Gasteiger partial charge is 0.489 e. The van der Waals surface area contributed by atoms with Crippen LogP contribution in [0.3, 0.4) is 0 Å². The van der Waals surface area contributed by atoms with E-state index in [1.54, 1.807) is 18.2 Å². The molecule has 0 bridgehead atoms. The fraction of sp³-hybridized carbons (Fsp3) is 0.0909. The summed E-state index contributed by atoms with van der Waals surface area (Å²) in [6.45, 7) is 0. The summed E-state index contributed by atoms with van der Waals surface area (Å²) in [6, 6.07) is 5.14. The highest BCUT2D eigenvalue weighted by Gasteiger charge is 2.13. The molecule has 0 aliphatic rings. The van der Waals surface area contributed by atoms with Crippen LogP contribution in [0.25, 0.3) is 0 Å². The van der Waals surface area contributed by atoms with Gasteiger partial charge in [-0.2, -0.15) is 4.98 Å². The summed E-state index contributed by atoms with van der Waals surface area (Å²) in [5.74, 6) is 1.30. The molecule has 2 aromatic rings. The summed E-state index contributed by atoms with van der Waals surface area (Å²) in [6.07, 6.45) is 1.30. The van der Waals surface area contributed by atoms with Crippen LogP contribution < -0.4 is 15.2 Å². The standard InChI is InChI=1S/C11H9BrClN3O2/c1-17-9-10(14)15-5-16-11(9)18-8-3-2-6(13)4-7(8)12/h2-5H,1H3,(H2,14,15,16). The van der Waals surface area contributed by atoms with Crippen LogP contribution in [0.15, 0.2) is 29.0 Å². The smallest absolute Gasteiger partial charge is 0.268 e. The van der Waals surface area contributed by atoms with Gasteiger partial charge in [0.05, 0.1) is 11.6 Å². The average molecular weight is 331 g/mol. The van der Waals surface area contributed by atoms with Gasteiger partial charge in [0.15, 0.2) is 5.82 Å².